The van der Waals surface area contributed by atoms with Gasteiger partial charge in [-0.15, -0.1) is 0 Å². The van der Waals surface area contributed by atoms with Gasteiger partial charge in [-0.05, 0) is 17.7 Å². The zero-order valence-corrected chi connectivity index (χ0v) is 9.68. The fourth-order valence-electron chi connectivity index (χ4n) is 1.50. The summed E-state index contributed by atoms with van der Waals surface area (Å²) in [4.78, 5) is 4.25. The Morgan fingerprint density at radius 3 is 2.65 bits per heavy atom. The molecule has 1 aromatic heterocycles. The van der Waals surface area contributed by atoms with E-state index in [1.54, 1.807) is 13.2 Å². The first-order chi connectivity index (χ1) is 8.29. The minimum absolute atomic E-state index is 0.447. The Labute approximate surface area is 100 Å². The summed E-state index contributed by atoms with van der Waals surface area (Å²) in [5.74, 6) is 1.20. The van der Waals surface area contributed by atoms with Crippen molar-refractivity contribution >= 4 is 11.5 Å². The van der Waals surface area contributed by atoms with Gasteiger partial charge in [0.05, 0.1) is 12.8 Å². The molecule has 0 bridgehead atoms. The summed E-state index contributed by atoms with van der Waals surface area (Å²) in [6.07, 6.45) is 0. The third-order valence-corrected chi connectivity index (χ3v) is 2.40. The lowest BCUT2D eigenvalue weighted by Crippen LogP contribution is -2.03. The first-order valence-electron chi connectivity index (χ1n) is 5.38. The number of nitrogens with one attached hydrogen (secondary N) is 1. The summed E-state index contributed by atoms with van der Waals surface area (Å²) >= 11 is 0. The number of ether oxygens (including phenoxy) is 1. The fraction of sp³-hybridized carbons (Fsp3) is 0.154. The largest absolute Gasteiger partial charge is 0.479 e. The molecule has 2 rings (SSSR count). The Morgan fingerprint density at radius 2 is 1.94 bits per heavy atom. The van der Waals surface area contributed by atoms with E-state index in [1.165, 1.54) is 5.56 Å². The molecular formula is C13H15N3O. The molecule has 4 heteroatoms. The molecule has 3 N–H and O–H groups in total. The normalized spacial score (nSPS) is 9.94. The molecule has 1 heterocycles. The van der Waals surface area contributed by atoms with E-state index < -0.39 is 0 Å². The Bertz CT molecular complexity index is 485. The molecule has 2 aromatic rings. The van der Waals surface area contributed by atoms with Crippen molar-refractivity contribution in [1.82, 2.24) is 4.98 Å². The van der Waals surface area contributed by atoms with Crippen molar-refractivity contribution in [3.8, 4) is 5.88 Å². The summed E-state index contributed by atoms with van der Waals surface area (Å²) in [5, 5.41) is 3.22. The highest BCUT2D eigenvalue weighted by molar-refractivity contribution is 5.53. The SMILES string of the molecule is COc1nc(NCc2ccccc2)ccc1N. The summed E-state index contributed by atoms with van der Waals surface area (Å²) < 4.78 is 5.06. The number of pyridine rings is 1. The zero-order valence-electron chi connectivity index (χ0n) is 9.68. The molecule has 0 unspecified atom stereocenters. The van der Waals surface area contributed by atoms with Gasteiger partial charge >= 0.3 is 0 Å². The number of methoxy groups -OCH3 is 1. The van der Waals surface area contributed by atoms with Crippen LogP contribution in [0, 0.1) is 0 Å². The van der Waals surface area contributed by atoms with Crippen molar-refractivity contribution < 1.29 is 4.74 Å². The van der Waals surface area contributed by atoms with Gasteiger partial charge in [-0.25, -0.2) is 0 Å². The van der Waals surface area contributed by atoms with Crippen LogP contribution in [0.3, 0.4) is 0 Å². The number of hydrogen-bond acceptors (Lipinski definition) is 4. The van der Waals surface area contributed by atoms with Crippen LogP contribution in [0.2, 0.25) is 0 Å². The van der Waals surface area contributed by atoms with Crippen LogP contribution in [0.1, 0.15) is 5.56 Å². The van der Waals surface area contributed by atoms with Crippen LogP contribution in [0.25, 0.3) is 0 Å². The molecule has 0 aliphatic carbocycles. The number of nitrogens with two attached hydrogens (primary N) is 1. The summed E-state index contributed by atoms with van der Waals surface area (Å²) in [7, 11) is 1.56. The van der Waals surface area contributed by atoms with E-state index in [2.05, 4.69) is 22.4 Å². The molecule has 0 aliphatic rings. The van der Waals surface area contributed by atoms with Crippen LogP contribution < -0.4 is 15.8 Å². The Hall–Kier alpha value is -2.23. The molecule has 0 aliphatic heterocycles. The molecule has 1 aromatic carbocycles. The van der Waals surface area contributed by atoms with Crippen LogP contribution >= 0.6 is 0 Å². The number of benzene rings is 1. The lowest BCUT2D eigenvalue weighted by Gasteiger charge is -2.08. The highest BCUT2D eigenvalue weighted by Gasteiger charge is 2.02. The van der Waals surface area contributed by atoms with Crippen molar-refractivity contribution in [2.75, 3.05) is 18.2 Å². The van der Waals surface area contributed by atoms with Crippen molar-refractivity contribution in [3.63, 3.8) is 0 Å². The molecule has 0 saturated heterocycles. The van der Waals surface area contributed by atoms with Gasteiger partial charge < -0.3 is 15.8 Å². The van der Waals surface area contributed by atoms with Crippen LogP contribution in [-0.2, 0) is 6.54 Å². The molecule has 88 valence electrons. The minimum Gasteiger partial charge on any atom is -0.479 e. The fourth-order valence-corrected chi connectivity index (χ4v) is 1.50. The first kappa shape index (κ1) is 11.3. The quantitative estimate of drug-likeness (QED) is 0.844. The van der Waals surface area contributed by atoms with E-state index in [9.17, 15) is 0 Å². The monoisotopic (exact) mass is 229 g/mol. The molecule has 0 fully saturated rings. The van der Waals surface area contributed by atoms with Crippen molar-refractivity contribution in [2.45, 2.75) is 6.54 Å². The number of nitrogens with zero attached hydrogens (tertiary/aromatic N) is 1. The van der Waals surface area contributed by atoms with Crippen LogP contribution in [0.15, 0.2) is 42.5 Å². The standard InChI is InChI=1S/C13H15N3O/c1-17-13-11(14)7-8-12(16-13)15-9-10-5-3-2-4-6-10/h2-8H,9,14H2,1H3,(H,15,16). The zero-order chi connectivity index (χ0) is 12.1. The molecular weight excluding hydrogens is 214 g/mol. The van der Waals surface area contributed by atoms with Gasteiger partial charge in [0.25, 0.3) is 0 Å². The predicted octanol–water partition coefficient (Wildman–Crippen LogP) is 2.28. The third-order valence-electron chi connectivity index (χ3n) is 2.40. The maximum absolute atomic E-state index is 5.69. The van der Waals surface area contributed by atoms with Crippen molar-refractivity contribution in [1.29, 1.82) is 0 Å². The average Bonchev–Trinajstić information content (AvgIpc) is 2.39. The molecule has 0 spiro atoms. The van der Waals surface area contributed by atoms with E-state index in [-0.39, 0.29) is 0 Å². The summed E-state index contributed by atoms with van der Waals surface area (Å²) in [6, 6.07) is 13.7. The Kier molecular flexibility index (Phi) is 3.45. The van der Waals surface area contributed by atoms with E-state index in [4.69, 9.17) is 10.5 Å². The van der Waals surface area contributed by atoms with Gasteiger partial charge in [-0.1, -0.05) is 30.3 Å². The van der Waals surface area contributed by atoms with Gasteiger partial charge in [0.1, 0.15) is 5.82 Å². The van der Waals surface area contributed by atoms with Crippen LogP contribution in [0.4, 0.5) is 11.5 Å². The molecule has 0 radical (unpaired) electrons. The van der Waals surface area contributed by atoms with E-state index in [1.807, 2.05) is 24.3 Å². The van der Waals surface area contributed by atoms with Crippen molar-refractivity contribution in [2.24, 2.45) is 0 Å². The number of aromatic nitrogens is 1. The lowest BCUT2D eigenvalue weighted by molar-refractivity contribution is 0.401. The van der Waals surface area contributed by atoms with E-state index >= 15 is 0 Å². The Balaban J connectivity index is 2.04. The topological polar surface area (TPSA) is 60.2 Å². The summed E-state index contributed by atoms with van der Waals surface area (Å²) in [5.41, 5.74) is 7.43. The smallest absolute Gasteiger partial charge is 0.238 e. The predicted molar refractivity (Wildman–Crippen MR) is 69.0 cm³/mol. The van der Waals surface area contributed by atoms with Gasteiger partial charge in [-0.3, -0.25) is 0 Å². The Morgan fingerprint density at radius 1 is 1.18 bits per heavy atom. The second-order valence-electron chi connectivity index (χ2n) is 3.63. The second kappa shape index (κ2) is 5.21. The number of nitrogen functional groups attached to an aromatic ring is 1. The number of hydrogen-bond donors (Lipinski definition) is 2. The van der Waals surface area contributed by atoms with Gasteiger partial charge in [0.2, 0.25) is 5.88 Å². The van der Waals surface area contributed by atoms with E-state index in [0.29, 0.717) is 11.6 Å². The molecule has 0 atom stereocenters. The first-order valence-corrected chi connectivity index (χ1v) is 5.38. The van der Waals surface area contributed by atoms with E-state index in [0.717, 1.165) is 12.4 Å². The van der Waals surface area contributed by atoms with Crippen molar-refractivity contribution in [3.05, 3.63) is 48.0 Å². The molecule has 4 nitrogen and oxygen atoms in total. The third kappa shape index (κ3) is 2.87. The number of anilines is 2. The van der Waals surface area contributed by atoms with Crippen LogP contribution in [0.5, 0.6) is 5.88 Å². The molecule has 0 saturated carbocycles. The lowest BCUT2D eigenvalue weighted by atomic mass is 10.2. The highest BCUT2D eigenvalue weighted by atomic mass is 16.5. The van der Waals surface area contributed by atoms with Crippen LogP contribution in [-0.4, -0.2) is 12.1 Å². The van der Waals surface area contributed by atoms with Gasteiger partial charge in [-0.2, -0.15) is 4.98 Å². The van der Waals surface area contributed by atoms with Gasteiger partial charge in [0.15, 0.2) is 0 Å². The molecule has 17 heavy (non-hydrogen) atoms. The highest BCUT2D eigenvalue weighted by Crippen LogP contribution is 2.20. The number of rotatable bonds is 4. The summed E-state index contributed by atoms with van der Waals surface area (Å²) in [6.45, 7) is 0.723. The second-order valence-corrected chi connectivity index (χ2v) is 3.63. The maximum Gasteiger partial charge on any atom is 0.238 e. The molecule has 0 amide bonds. The maximum atomic E-state index is 5.69. The van der Waals surface area contributed by atoms with Gasteiger partial charge in [0, 0.05) is 6.54 Å². The average molecular weight is 229 g/mol. The minimum atomic E-state index is 0.447.